The van der Waals surface area contributed by atoms with E-state index in [1.54, 1.807) is 11.3 Å². The number of carbonyl (C=O) groups excluding carboxylic acids is 1. The van der Waals surface area contributed by atoms with E-state index in [1.807, 2.05) is 61.7 Å². The van der Waals surface area contributed by atoms with Gasteiger partial charge in [-0.2, -0.15) is 0 Å². The van der Waals surface area contributed by atoms with Crippen LogP contribution in [-0.2, 0) is 4.79 Å². The topological polar surface area (TPSA) is 58.1 Å². The average molecular weight is 393 g/mol. The van der Waals surface area contributed by atoms with Crippen molar-refractivity contribution in [2.24, 2.45) is 5.92 Å². The minimum absolute atomic E-state index is 0.0495. The normalized spacial score (nSPS) is 16.8. The van der Waals surface area contributed by atoms with E-state index in [4.69, 9.17) is 0 Å². The number of aryl methyl sites for hydroxylation is 2. The lowest BCUT2D eigenvalue weighted by atomic mass is 9.96. The Hall–Kier alpha value is -2.73. The summed E-state index contributed by atoms with van der Waals surface area (Å²) in [5, 5.41) is 14.0. The zero-order valence-corrected chi connectivity index (χ0v) is 17.0. The van der Waals surface area contributed by atoms with Gasteiger partial charge >= 0.3 is 0 Å². The number of benzene rings is 1. The lowest BCUT2D eigenvalue weighted by Crippen LogP contribution is -2.41. The predicted molar refractivity (Wildman–Crippen MR) is 115 cm³/mol. The number of rotatable bonds is 4. The fraction of sp³-hybridized carbons (Fsp3) is 0.318. The molecule has 0 radical (unpaired) electrons. The SMILES string of the molecule is Cc1cccc(C)c1NC(=O)C1CCCN(c2ccc(-c3cccs3)nn2)C1. The number of thiophene rings is 1. The van der Waals surface area contributed by atoms with Gasteiger partial charge in [-0.3, -0.25) is 4.79 Å². The van der Waals surface area contributed by atoms with Gasteiger partial charge in [0.25, 0.3) is 0 Å². The van der Waals surface area contributed by atoms with Crippen LogP contribution in [0.25, 0.3) is 10.6 Å². The van der Waals surface area contributed by atoms with Gasteiger partial charge in [0.1, 0.15) is 5.69 Å². The number of nitrogens with zero attached hydrogens (tertiary/aromatic N) is 3. The maximum Gasteiger partial charge on any atom is 0.229 e. The second kappa shape index (κ2) is 8.10. The summed E-state index contributed by atoms with van der Waals surface area (Å²) < 4.78 is 0. The highest BCUT2D eigenvalue weighted by molar-refractivity contribution is 7.13. The molecule has 1 aliphatic rings. The van der Waals surface area contributed by atoms with E-state index in [0.717, 1.165) is 52.6 Å². The average Bonchev–Trinajstić information content (AvgIpc) is 3.26. The molecule has 0 spiro atoms. The van der Waals surface area contributed by atoms with Crippen LogP contribution in [0.2, 0.25) is 0 Å². The predicted octanol–water partition coefficient (Wildman–Crippen LogP) is 4.68. The van der Waals surface area contributed by atoms with E-state index in [9.17, 15) is 4.79 Å². The van der Waals surface area contributed by atoms with E-state index in [2.05, 4.69) is 20.4 Å². The summed E-state index contributed by atoms with van der Waals surface area (Å²) in [7, 11) is 0. The zero-order valence-electron chi connectivity index (χ0n) is 16.2. The number of nitrogens with one attached hydrogen (secondary N) is 1. The second-order valence-electron chi connectivity index (χ2n) is 7.30. The Bertz CT molecular complexity index is 933. The maximum atomic E-state index is 12.9. The minimum Gasteiger partial charge on any atom is -0.354 e. The van der Waals surface area contributed by atoms with Crippen LogP contribution in [0.4, 0.5) is 11.5 Å². The molecule has 0 bridgehead atoms. The molecule has 3 aromatic rings. The largest absolute Gasteiger partial charge is 0.354 e. The van der Waals surface area contributed by atoms with E-state index in [-0.39, 0.29) is 11.8 Å². The Kier molecular flexibility index (Phi) is 5.39. The number of hydrogen-bond donors (Lipinski definition) is 1. The molecule has 1 aliphatic heterocycles. The number of amides is 1. The molecule has 1 saturated heterocycles. The van der Waals surface area contributed by atoms with Crippen molar-refractivity contribution in [3.05, 3.63) is 59.0 Å². The molecule has 2 aromatic heterocycles. The van der Waals surface area contributed by atoms with Gasteiger partial charge in [-0.25, -0.2) is 0 Å². The number of aromatic nitrogens is 2. The van der Waals surface area contributed by atoms with E-state index >= 15 is 0 Å². The molecule has 4 rings (SSSR count). The van der Waals surface area contributed by atoms with Crippen molar-refractivity contribution in [2.45, 2.75) is 26.7 Å². The summed E-state index contributed by atoms with van der Waals surface area (Å²) in [4.78, 5) is 16.2. The monoisotopic (exact) mass is 392 g/mol. The molecule has 6 heteroatoms. The van der Waals surface area contributed by atoms with Gasteiger partial charge < -0.3 is 10.2 Å². The first-order valence-electron chi connectivity index (χ1n) is 9.61. The van der Waals surface area contributed by atoms with Gasteiger partial charge in [-0.15, -0.1) is 21.5 Å². The standard InChI is InChI=1S/C22H24N4OS/c1-15-6-3-7-16(2)21(15)23-22(27)17-8-4-12-26(14-17)20-11-10-18(24-25-20)19-9-5-13-28-19/h3,5-7,9-11,13,17H,4,8,12,14H2,1-2H3,(H,23,27). The molecule has 0 saturated carbocycles. The van der Waals surface area contributed by atoms with Crippen LogP contribution in [0.15, 0.2) is 47.8 Å². The summed E-state index contributed by atoms with van der Waals surface area (Å²) in [5.74, 6) is 0.877. The van der Waals surface area contributed by atoms with Crippen molar-refractivity contribution in [1.82, 2.24) is 10.2 Å². The van der Waals surface area contributed by atoms with Crippen LogP contribution >= 0.6 is 11.3 Å². The second-order valence-corrected chi connectivity index (χ2v) is 8.24. The Morgan fingerprint density at radius 1 is 1.11 bits per heavy atom. The van der Waals surface area contributed by atoms with Gasteiger partial charge in [-0.1, -0.05) is 24.3 Å². The summed E-state index contributed by atoms with van der Waals surface area (Å²) in [6.45, 7) is 5.63. The molecule has 28 heavy (non-hydrogen) atoms. The lowest BCUT2D eigenvalue weighted by Gasteiger charge is -2.32. The molecule has 0 aliphatic carbocycles. The van der Waals surface area contributed by atoms with Crippen LogP contribution in [0, 0.1) is 19.8 Å². The molecule has 1 N–H and O–H groups in total. The Labute approximate surface area is 169 Å². The minimum atomic E-state index is -0.0495. The Morgan fingerprint density at radius 2 is 1.93 bits per heavy atom. The van der Waals surface area contributed by atoms with E-state index in [0.29, 0.717) is 6.54 Å². The van der Waals surface area contributed by atoms with Gasteiger partial charge in [0.05, 0.1) is 10.8 Å². The van der Waals surface area contributed by atoms with Crippen molar-refractivity contribution < 1.29 is 4.79 Å². The van der Waals surface area contributed by atoms with Crippen LogP contribution in [0.3, 0.4) is 0 Å². The first-order chi connectivity index (χ1) is 13.6. The fourth-order valence-electron chi connectivity index (χ4n) is 3.69. The van der Waals surface area contributed by atoms with Crippen LogP contribution in [0.5, 0.6) is 0 Å². The number of anilines is 2. The molecule has 5 nitrogen and oxygen atoms in total. The molecule has 1 aromatic carbocycles. The molecule has 1 fully saturated rings. The fourth-order valence-corrected chi connectivity index (χ4v) is 4.38. The molecule has 1 unspecified atom stereocenters. The van der Waals surface area contributed by atoms with Crippen LogP contribution in [-0.4, -0.2) is 29.2 Å². The Balaban J connectivity index is 1.44. The third-order valence-corrected chi connectivity index (χ3v) is 6.16. The highest BCUT2D eigenvalue weighted by Gasteiger charge is 2.27. The Morgan fingerprint density at radius 3 is 2.61 bits per heavy atom. The highest BCUT2D eigenvalue weighted by Crippen LogP contribution is 2.27. The van der Waals surface area contributed by atoms with E-state index in [1.165, 1.54) is 0 Å². The van der Waals surface area contributed by atoms with Crippen molar-refractivity contribution in [1.29, 1.82) is 0 Å². The summed E-state index contributed by atoms with van der Waals surface area (Å²) in [6.07, 6.45) is 1.87. The molecule has 144 valence electrons. The van der Waals surface area contributed by atoms with Crippen molar-refractivity contribution in [3.63, 3.8) is 0 Å². The van der Waals surface area contributed by atoms with Crippen LogP contribution in [0.1, 0.15) is 24.0 Å². The first-order valence-corrected chi connectivity index (χ1v) is 10.5. The molecule has 1 amide bonds. The third kappa shape index (κ3) is 3.92. The summed E-state index contributed by atoms with van der Waals surface area (Å²) in [5.41, 5.74) is 4.01. The van der Waals surface area contributed by atoms with Gasteiger partial charge in [0.2, 0.25) is 5.91 Å². The highest BCUT2D eigenvalue weighted by atomic mass is 32.1. The first kappa shape index (κ1) is 18.6. The van der Waals surface area contributed by atoms with Gasteiger partial charge in [0.15, 0.2) is 5.82 Å². The lowest BCUT2D eigenvalue weighted by molar-refractivity contribution is -0.120. The van der Waals surface area contributed by atoms with Gasteiger partial charge in [-0.05, 0) is 61.4 Å². The number of carbonyl (C=O) groups is 1. The van der Waals surface area contributed by atoms with Crippen molar-refractivity contribution in [2.75, 3.05) is 23.3 Å². The molecule has 3 heterocycles. The third-order valence-electron chi connectivity index (χ3n) is 5.27. The van der Waals surface area contributed by atoms with Crippen LogP contribution < -0.4 is 10.2 Å². The number of hydrogen-bond acceptors (Lipinski definition) is 5. The number of piperidine rings is 1. The summed E-state index contributed by atoms with van der Waals surface area (Å²) >= 11 is 1.66. The van der Waals surface area contributed by atoms with Gasteiger partial charge in [0, 0.05) is 18.8 Å². The molecular weight excluding hydrogens is 368 g/mol. The van der Waals surface area contributed by atoms with Crippen molar-refractivity contribution in [3.8, 4) is 10.6 Å². The zero-order chi connectivity index (χ0) is 19.5. The summed E-state index contributed by atoms with van der Waals surface area (Å²) in [6, 6.07) is 14.1. The quantitative estimate of drug-likeness (QED) is 0.701. The smallest absolute Gasteiger partial charge is 0.229 e. The molecule has 1 atom stereocenters. The van der Waals surface area contributed by atoms with E-state index < -0.39 is 0 Å². The molecular formula is C22H24N4OS. The number of para-hydroxylation sites is 1. The van der Waals surface area contributed by atoms with Crippen molar-refractivity contribution >= 4 is 28.7 Å². The maximum absolute atomic E-state index is 12.9.